The van der Waals surface area contributed by atoms with Gasteiger partial charge >= 0.3 is 6.09 Å². The highest BCUT2D eigenvalue weighted by Gasteiger charge is 2.20. The fourth-order valence-corrected chi connectivity index (χ4v) is 4.97. The summed E-state index contributed by atoms with van der Waals surface area (Å²) in [6, 6.07) is 14.6. The summed E-state index contributed by atoms with van der Waals surface area (Å²) in [5, 5.41) is 7.02. The van der Waals surface area contributed by atoms with E-state index in [9.17, 15) is 4.79 Å². The highest BCUT2D eigenvalue weighted by atomic mass is 32.1. The van der Waals surface area contributed by atoms with Crippen LogP contribution in [0.1, 0.15) is 25.0 Å². The number of anilines is 1. The Labute approximate surface area is 202 Å². The molecule has 8 heteroatoms. The lowest BCUT2D eigenvalue weighted by Gasteiger charge is -2.33. The third-order valence-corrected chi connectivity index (χ3v) is 6.92. The number of nitrogens with zero attached hydrogens (tertiary/aromatic N) is 4. The van der Waals surface area contributed by atoms with E-state index in [2.05, 4.69) is 56.6 Å². The van der Waals surface area contributed by atoms with Crippen molar-refractivity contribution in [2.75, 3.05) is 24.5 Å². The Kier molecular flexibility index (Phi) is 6.95. The summed E-state index contributed by atoms with van der Waals surface area (Å²) in [6.07, 6.45) is 6.47. The van der Waals surface area contributed by atoms with Crippen molar-refractivity contribution in [2.45, 2.75) is 25.9 Å². The van der Waals surface area contributed by atoms with Gasteiger partial charge in [0, 0.05) is 48.4 Å². The van der Waals surface area contributed by atoms with E-state index >= 15 is 0 Å². The van der Waals surface area contributed by atoms with E-state index in [1.807, 2.05) is 23.8 Å². The lowest BCUT2D eigenvalue weighted by molar-refractivity contribution is 0.137. The van der Waals surface area contributed by atoms with Gasteiger partial charge in [-0.3, -0.25) is 4.98 Å². The number of thiazole rings is 1. The van der Waals surface area contributed by atoms with Crippen molar-refractivity contribution in [3.05, 3.63) is 71.4 Å². The fraction of sp³-hybridized carbons (Fsp3) is 0.308. The van der Waals surface area contributed by atoms with Gasteiger partial charge in [0.1, 0.15) is 12.4 Å². The molecule has 34 heavy (non-hydrogen) atoms. The summed E-state index contributed by atoms with van der Waals surface area (Å²) >= 11 is 1.49. The average Bonchev–Trinajstić information content (AvgIpc) is 3.41. The van der Waals surface area contributed by atoms with Crippen molar-refractivity contribution >= 4 is 34.0 Å². The molecule has 0 spiro atoms. The molecule has 1 saturated heterocycles. The highest BCUT2D eigenvalue weighted by molar-refractivity contribution is 7.07. The number of carbonyl (C=O) groups is 1. The van der Waals surface area contributed by atoms with Gasteiger partial charge in [0.05, 0.1) is 16.9 Å². The third kappa shape index (κ3) is 5.34. The molecule has 7 nitrogen and oxygen atoms in total. The molecule has 5 rings (SSSR count). The Bertz CT molecular complexity index is 1230. The summed E-state index contributed by atoms with van der Waals surface area (Å²) < 4.78 is 5.20. The smallest absolute Gasteiger partial charge is 0.407 e. The topological polar surface area (TPSA) is 80.2 Å². The van der Waals surface area contributed by atoms with Gasteiger partial charge in [0.15, 0.2) is 0 Å². The maximum absolute atomic E-state index is 11.9. The zero-order valence-electron chi connectivity index (χ0n) is 18.9. The van der Waals surface area contributed by atoms with Gasteiger partial charge in [-0.25, -0.2) is 14.8 Å². The lowest BCUT2D eigenvalue weighted by atomic mass is 9.93. The largest absolute Gasteiger partial charge is 0.443 e. The SMILES string of the molecule is O=C(NCCC1CCN(c2cccc(-c3cccc4cnccc34)n2)CC1)OCc1cscn1. The van der Waals surface area contributed by atoms with Crippen LogP contribution in [0.25, 0.3) is 22.0 Å². The molecule has 1 aromatic carbocycles. The van der Waals surface area contributed by atoms with Gasteiger partial charge in [-0.05, 0) is 48.8 Å². The average molecular weight is 474 g/mol. The number of hydrogen-bond donors (Lipinski definition) is 1. The van der Waals surface area contributed by atoms with Crippen molar-refractivity contribution in [3.8, 4) is 11.3 Å². The molecule has 1 aliphatic rings. The van der Waals surface area contributed by atoms with E-state index in [-0.39, 0.29) is 12.7 Å². The zero-order valence-corrected chi connectivity index (χ0v) is 19.7. The van der Waals surface area contributed by atoms with E-state index in [1.165, 1.54) is 16.7 Å². The quantitative estimate of drug-likeness (QED) is 0.393. The Morgan fingerprint density at radius 1 is 1.15 bits per heavy atom. The predicted molar refractivity (Wildman–Crippen MR) is 135 cm³/mol. The molecule has 0 bridgehead atoms. The van der Waals surface area contributed by atoms with Crippen LogP contribution in [-0.2, 0) is 11.3 Å². The van der Waals surface area contributed by atoms with Crippen molar-refractivity contribution in [1.82, 2.24) is 20.3 Å². The van der Waals surface area contributed by atoms with Crippen LogP contribution >= 0.6 is 11.3 Å². The number of aromatic nitrogens is 3. The molecular formula is C26H27N5O2S. The summed E-state index contributed by atoms with van der Waals surface area (Å²) in [5.41, 5.74) is 4.62. The predicted octanol–water partition coefficient (Wildman–Crippen LogP) is 5.29. The Hall–Kier alpha value is -3.52. The maximum Gasteiger partial charge on any atom is 0.407 e. The van der Waals surface area contributed by atoms with E-state index < -0.39 is 0 Å². The second-order valence-electron chi connectivity index (χ2n) is 8.49. The molecule has 1 amide bonds. The number of ether oxygens (including phenoxy) is 1. The summed E-state index contributed by atoms with van der Waals surface area (Å²) in [7, 11) is 0. The van der Waals surface area contributed by atoms with Gasteiger partial charge in [-0.15, -0.1) is 11.3 Å². The molecule has 3 aromatic heterocycles. The molecule has 0 unspecified atom stereocenters. The van der Waals surface area contributed by atoms with Crippen LogP contribution in [0.15, 0.2) is 65.7 Å². The number of alkyl carbamates (subject to hydrolysis) is 1. The second kappa shape index (κ2) is 10.6. The van der Waals surface area contributed by atoms with Gasteiger partial charge in [-0.1, -0.05) is 24.3 Å². The molecule has 1 aliphatic heterocycles. The van der Waals surface area contributed by atoms with E-state index in [0.29, 0.717) is 12.5 Å². The van der Waals surface area contributed by atoms with Crippen molar-refractivity contribution in [3.63, 3.8) is 0 Å². The monoisotopic (exact) mass is 473 g/mol. The van der Waals surface area contributed by atoms with Crippen LogP contribution in [0.3, 0.4) is 0 Å². The first kappa shape index (κ1) is 22.3. The lowest BCUT2D eigenvalue weighted by Crippen LogP contribution is -2.35. The molecule has 4 heterocycles. The molecule has 0 radical (unpaired) electrons. The van der Waals surface area contributed by atoms with Crippen molar-refractivity contribution in [2.24, 2.45) is 5.92 Å². The van der Waals surface area contributed by atoms with Crippen LogP contribution < -0.4 is 10.2 Å². The molecule has 174 valence electrons. The Balaban J connectivity index is 1.12. The van der Waals surface area contributed by atoms with Gasteiger partial charge in [0.2, 0.25) is 0 Å². The van der Waals surface area contributed by atoms with Crippen LogP contribution in [0.4, 0.5) is 10.6 Å². The minimum atomic E-state index is -0.379. The third-order valence-electron chi connectivity index (χ3n) is 6.29. The standard InChI is InChI=1S/C26H27N5O2S/c32-26(33-16-21-17-34-18-29-21)28-12-7-19-9-13-31(14-10-19)25-6-2-5-24(30-25)23-4-1-3-20-15-27-11-8-22(20)23/h1-6,8,11,15,17-19H,7,9-10,12-14,16H2,(H,28,32). The number of benzene rings is 1. The molecule has 4 aromatic rings. The number of carbonyl (C=O) groups excluding carboxylic acids is 1. The molecule has 0 aliphatic carbocycles. The molecular weight excluding hydrogens is 446 g/mol. The summed E-state index contributed by atoms with van der Waals surface area (Å²) in [6.45, 7) is 2.78. The molecule has 0 atom stereocenters. The van der Waals surface area contributed by atoms with Crippen molar-refractivity contribution in [1.29, 1.82) is 0 Å². The van der Waals surface area contributed by atoms with Gasteiger partial charge < -0.3 is 15.0 Å². The first-order chi connectivity index (χ1) is 16.8. The zero-order chi connectivity index (χ0) is 23.2. The number of amides is 1. The van der Waals surface area contributed by atoms with E-state index in [0.717, 1.165) is 60.5 Å². The van der Waals surface area contributed by atoms with Gasteiger partial charge in [0.25, 0.3) is 0 Å². The first-order valence-electron chi connectivity index (χ1n) is 11.6. The number of pyridine rings is 2. The van der Waals surface area contributed by atoms with Crippen LogP contribution in [0, 0.1) is 5.92 Å². The minimum Gasteiger partial charge on any atom is -0.443 e. The number of hydrogen-bond acceptors (Lipinski definition) is 7. The van der Waals surface area contributed by atoms with Gasteiger partial charge in [-0.2, -0.15) is 0 Å². The normalized spacial score (nSPS) is 14.3. The molecule has 1 fully saturated rings. The number of piperidine rings is 1. The number of rotatable bonds is 7. The highest BCUT2D eigenvalue weighted by Crippen LogP contribution is 2.29. The molecule has 1 N–H and O–H groups in total. The van der Waals surface area contributed by atoms with E-state index in [4.69, 9.17) is 9.72 Å². The van der Waals surface area contributed by atoms with E-state index in [1.54, 1.807) is 5.51 Å². The number of fused-ring (bicyclic) bond motifs is 1. The first-order valence-corrected chi connectivity index (χ1v) is 12.5. The minimum absolute atomic E-state index is 0.218. The fourth-order valence-electron chi connectivity index (χ4n) is 4.42. The van der Waals surface area contributed by atoms with Crippen LogP contribution in [-0.4, -0.2) is 40.7 Å². The van der Waals surface area contributed by atoms with Crippen LogP contribution in [0.5, 0.6) is 0 Å². The Morgan fingerprint density at radius 2 is 2.03 bits per heavy atom. The Morgan fingerprint density at radius 3 is 2.88 bits per heavy atom. The van der Waals surface area contributed by atoms with Crippen molar-refractivity contribution < 1.29 is 9.53 Å². The maximum atomic E-state index is 11.9. The summed E-state index contributed by atoms with van der Waals surface area (Å²) in [5.74, 6) is 1.61. The molecule has 0 saturated carbocycles. The van der Waals surface area contributed by atoms with Crippen LogP contribution in [0.2, 0.25) is 0 Å². The number of nitrogens with one attached hydrogen (secondary N) is 1. The summed E-state index contributed by atoms with van der Waals surface area (Å²) in [4.78, 5) is 27.6. The second-order valence-corrected chi connectivity index (χ2v) is 9.20.